The van der Waals surface area contributed by atoms with Gasteiger partial charge in [-0.2, -0.15) is 0 Å². The second kappa shape index (κ2) is 8.09. The maximum atomic E-state index is 13.2. The van der Waals surface area contributed by atoms with Gasteiger partial charge in [0.05, 0.1) is 6.10 Å². The van der Waals surface area contributed by atoms with Crippen molar-refractivity contribution >= 4 is 11.7 Å². The molecule has 25 heavy (non-hydrogen) atoms. The molecule has 2 amide bonds. The van der Waals surface area contributed by atoms with Gasteiger partial charge in [0.15, 0.2) is 0 Å². The first-order valence-electron chi connectivity index (χ1n) is 8.39. The molecule has 1 heterocycles. The van der Waals surface area contributed by atoms with Crippen molar-refractivity contribution in [1.29, 1.82) is 0 Å². The Balaban J connectivity index is 1.47. The van der Waals surface area contributed by atoms with Crippen LogP contribution in [0.3, 0.4) is 0 Å². The molecule has 3 rings (SSSR count). The number of benzene rings is 2. The van der Waals surface area contributed by atoms with Crippen molar-refractivity contribution in [1.82, 2.24) is 9.80 Å². The van der Waals surface area contributed by atoms with E-state index in [1.165, 1.54) is 12.1 Å². The highest BCUT2D eigenvalue weighted by atomic mass is 19.1. The van der Waals surface area contributed by atoms with Gasteiger partial charge in [-0.25, -0.2) is 9.18 Å². The number of hydrogen-bond donors (Lipinski definition) is 2. The van der Waals surface area contributed by atoms with Gasteiger partial charge < -0.3 is 15.3 Å². The first-order valence-corrected chi connectivity index (χ1v) is 8.39. The number of aliphatic hydroxyl groups is 1. The second-order valence-electron chi connectivity index (χ2n) is 6.15. The zero-order valence-electron chi connectivity index (χ0n) is 13.9. The smallest absolute Gasteiger partial charge is 0.321 e. The zero-order valence-corrected chi connectivity index (χ0v) is 13.9. The molecule has 1 unspecified atom stereocenters. The van der Waals surface area contributed by atoms with Gasteiger partial charge >= 0.3 is 6.03 Å². The Morgan fingerprint density at radius 1 is 1.08 bits per heavy atom. The summed E-state index contributed by atoms with van der Waals surface area (Å²) in [6.45, 7) is 3.08. The van der Waals surface area contributed by atoms with Crippen molar-refractivity contribution < 1.29 is 14.3 Å². The van der Waals surface area contributed by atoms with Gasteiger partial charge in [0.2, 0.25) is 0 Å². The summed E-state index contributed by atoms with van der Waals surface area (Å²) in [4.78, 5) is 16.1. The SMILES string of the molecule is O=C(Nc1cccc(F)c1)N1CCN(CC(O)c2ccccc2)CC1. The number of amides is 2. The normalized spacial score (nSPS) is 16.5. The van der Waals surface area contributed by atoms with Crippen LogP contribution in [0, 0.1) is 5.82 Å². The summed E-state index contributed by atoms with van der Waals surface area (Å²) in [6.07, 6.45) is -0.533. The number of piperazine rings is 1. The van der Waals surface area contributed by atoms with Crippen molar-refractivity contribution in [3.8, 4) is 0 Å². The van der Waals surface area contributed by atoms with Crippen molar-refractivity contribution in [3.05, 3.63) is 66.0 Å². The number of rotatable bonds is 4. The molecule has 1 saturated heterocycles. The number of hydrogen-bond acceptors (Lipinski definition) is 3. The number of anilines is 1. The summed E-state index contributed by atoms with van der Waals surface area (Å²) in [6, 6.07) is 15.2. The number of carbonyl (C=O) groups is 1. The van der Waals surface area contributed by atoms with Crippen molar-refractivity contribution in [2.24, 2.45) is 0 Å². The van der Waals surface area contributed by atoms with Crippen LogP contribution in [-0.4, -0.2) is 53.7 Å². The third-order valence-corrected chi connectivity index (χ3v) is 4.35. The topological polar surface area (TPSA) is 55.8 Å². The number of halogens is 1. The Bertz CT molecular complexity index is 703. The molecule has 2 aromatic carbocycles. The lowest BCUT2D eigenvalue weighted by molar-refractivity contribution is 0.0831. The van der Waals surface area contributed by atoms with E-state index in [2.05, 4.69) is 10.2 Å². The van der Waals surface area contributed by atoms with E-state index in [1.807, 2.05) is 30.3 Å². The Labute approximate surface area is 146 Å². The maximum absolute atomic E-state index is 13.2. The summed E-state index contributed by atoms with van der Waals surface area (Å²) < 4.78 is 13.2. The fourth-order valence-corrected chi connectivity index (χ4v) is 2.93. The summed E-state index contributed by atoms with van der Waals surface area (Å²) in [7, 11) is 0. The molecule has 6 heteroatoms. The van der Waals surface area contributed by atoms with E-state index < -0.39 is 6.10 Å². The summed E-state index contributed by atoms with van der Waals surface area (Å²) >= 11 is 0. The summed E-state index contributed by atoms with van der Waals surface area (Å²) in [5.74, 6) is -0.377. The third-order valence-electron chi connectivity index (χ3n) is 4.35. The highest BCUT2D eigenvalue weighted by Gasteiger charge is 2.23. The number of nitrogens with one attached hydrogen (secondary N) is 1. The van der Waals surface area contributed by atoms with E-state index in [0.717, 1.165) is 5.56 Å². The molecule has 0 aromatic heterocycles. The molecule has 1 aliphatic rings. The predicted molar refractivity (Wildman–Crippen MR) is 94.8 cm³/mol. The fraction of sp³-hybridized carbons (Fsp3) is 0.316. The minimum Gasteiger partial charge on any atom is -0.387 e. The molecule has 0 saturated carbocycles. The Morgan fingerprint density at radius 2 is 1.80 bits per heavy atom. The fourth-order valence-electron chi connectivity index (χ4n) is 2.93. The Hall–Kier alpha value is -2.44. The average Bonchev–Trinajstić information content (AvgIpc) is 2.63. The van der Waals surface area contributed by atoms with E-state index in [9.17, 15) is 14.3 Å². The minimum atomic E-state index is -0.533. The molecular weight excluding hydrogens is 321 g/mol. The van der Waals surface area contributed by atoms with Gasteiger partial charge in [0, 0.05) is 38.4 Å². The van der Waals surface area contributed by atoms with Crippen LogP contribution in [0.25, 0.3) is 0 Å². The molecule has 132 valence electrons. The van der Waals surface area contributed by atoms with Gasteiger partial charge in [-0.05, 0) is 23.8 Å². The Kier molecular flexibility index (Phi) is 5.63. The maximum Gasteiger partial charge on any atom is 0.321 e. The quantitative estimate of drug-likeness (QED) is 0.897. The van der Waals surface area contributed by atoms with Gasteiger partial charge in [0.25, 0.3) is 0 Å². The van der Waals surface area contributed by atoms with Crippen LogP contribution in [0.4, 0.5) is 14.9 Å². The summed E-state index contributed by atoms with van der Waals surface area (Å²) in [5, 5.41) is 13.0. The first kappa shape index (κ1) is 17.4. The van der Waals surface area contributed by atoms with E-state index in [4.69, 9.17) is 0 Å². The van der Waals surface area contributed by atoms with Crippen LogP contribution < -0.4 is 5.32 Å². The van der Waals surface area contributed by atoms with Crippen LogP contribution in [-0.2, 0) is 0 Å². The average molecular weight is 343 g/mol. The number of β-amino-alcohol motifs (C(OH)–C–C–N with tert-alkyl or cyclic N) is 1. The minimum absolute atomic E-state index is 0.228. The monoisotopic (exact) mass is 343 g/mol. The van der Waals surface area contributed by atoms with Crippen molar-refractivity contribution in [2.45, 2.75) is 6.10 Å². The molecule has 1 atom stereocenters. The van der Waals surface area contributed by atoms with Crippen LogP contribution in [0.2, 0.25) is 0 Å². The first-order chi connectivity index (χ1) is 12.1. The second-order valence-corrected chi connectivity index (χ2v) is 6.15. The highest BCUT2D eigenvalue weighted by molar-refractivity contribution is 5.89. The molecule has 2 aromatic rings. The van der Waals surface area contributed by atoms with Gasteiger partial charge in [-0.3, -0.25) is 4.90 Å². The number of nitrogens with zero attached hydrogens (tertiary/aromatic N) is 2. The van der Waals surface area contributed by atoms with Crippen LogP contribution in [0.1, 0.15) is 11.7 Å². The lowest BCUT2D eigenvalue weighted by atomic mass is 10.1. The molecule has 0 aliphatic carbocycles. The molecule has 2 N–H and O–H groups in total. The molecule has 0 spiro atoms. The Morgan fingerprint density at radius 3 is 2.48 bits per heavy atom. The highest BCUT2D eigenvalue weighted by Crippen LogP contribution is 2.16. The molecule has 1 fully saturated rings. The predicted octanol–water partition coefficient (Wildman–Crippen LogP) is 2.71. The number of carbonyl (C=O) groups excluding carboxylic acids is 1. The van der Waals surface area contributed by atoms with Crippen LogP contribution >= 0.6 is 0 Å². The number of aliphatic hydroxyl groups excluding tert-OH is 1. The van der Waals surface area contributed by atoms with Crippen molar-refractivity contribution in [3.63, 3.8) is 0 Å². The van der Waals surface area contributed by atoms with E-state index in [-0.39, 0.29) is 11.8 Å². The standard InChI is InChI=1S/C19H22FN3O2/c20-16-7-4-8-17(13-16)21-19(25)23-11-9-22(10-12-23)14-18(24)15-5-2-1-3-6-15/h1-8,13,18,24H,9-12,14H2,(H,21,25). The molecule has 5 nitrogen and oxygen atoms in total. The molecule has 0 radical (unpaired) electrons. The molecule has 1 aliphatic heterocycles. The summed E-state index contributed by atoms with van der Waals surface area (Å²) in [5.41, 5.74) is 1.35. The molecule has 0 bridgehead atoms. The van der Waals surface area contributed by atoms with E-state index in [0.29, 0.717) is 38.4 Å². The zero-order chi connectivity index (χ0) is 17.6. The largest absolute Gasteiger partial charge is 0.387 e. The molecular formula is C19H22FN3O2. The van der Waals surface area contributed by atoms with Crippen LogP contribution in [0.15, 0.2) is 54.6 Å². The van der Waals surface area contributed by atoms with Crippen LogP contribution in [0.5, 0.6) is 0 Å². The van der Waals surface area contributed by atoms with E-state index in [1.54, 1.807) is 17.0 Å². The van der Waals surface area contributed by atoms with Crippen molar-refractivity contribution in [2.75, 3.05) is 38.0 Å². The van der Waals surface area contributed by atoms with Gasteiger partial charge in [-0.15, -0.1) is 0 Å². The third kappa shape index (κ3) is 4.78. The lowest BCUT2D eigenvalue weighted by Gasteiger charge is -2.35. The lowest BCUT2D eigenvalue weighted by Crippen LogP contribution is -2.50. The van der Waals surface area contributed by atoms with E-state index >= 15 is 0 Å². The van der Waals surface area contributed by atoms with Gasteiger partial charge in [-0.1, -0.05) is 36.4 Å². The number of urea groups is 1. The van der Waals surface area contributed by atoms with Gasteiger partial charge in [0.1, 0.15) is 5.82 Å².